The highest BCUT2D eigenvalue weighted by Gasteiger charge is 2.31. The van der Waals surface area contributed by atoms with E-state index < -0.39 is 11.5 Å². The number of hydrogen-bond donors (Lipinski definition) is 2. The summed E-state index contributed by atoms with van der Waals surface area (Å²) in [5.41, 5.74) is 1.13. The standard InChI is InChI=1S/C17H17N3O3/c1-11-7-8-14(16(22)18-11)17(23)19-12-9-15(21)20(10-12)13-5-3-2-4-6-13/h2-8,12H,9-10H2,1H3,(H,18,22)(H,19,23)/t12-/m1/s1. The minimum absolute atomic E-state index is 0.0423. The van der Waals surface area contributed by atoms with E-state index in [0.717, 1.165) is 5.69 Å². The molecule has 23 heavy (non-hydrogen) atoms. The van der Waals surface area contributed by atoms with Crippen molar-refractivity contribution < 1.29 is 9.59 Å². The molecule has 0 saturated carbocycles. The van der Waals surface area contributed by atoms with Crippen molar-refractivity contribution in [2.24, 2.45) is 0 Å². The SMILES string of the molecule is Cc1ccc(C(=O)N[C@@H]2CC(=O)N(c3ccccc3)C2)c(=O)[nH]1. The second-order valence-corrected chi connectivity index (χ2v) is 5.60. The molecule has 0 unspecified atom stereocenters. The second-order valence-electron chi connectivity index (χ2n) is 5.60. The summed E-state index contributed by atoms with van der Waals surface area (Å²) in [4.78, 5) is 40.4. The molecule has 6 heteroatoms. The van der Waals surface area contributed by atoms with Crippen LogP contribution in [0, 0.1) is 6.92 Å². The maximum absolute atomic E-state index is 12.2. The van der Waals surface area contributed by atoms with Crippen molar-refractivity contribution in [3.05, 3.63) is 64.1 Å². The van der Waals surface area contributed by atoms with Gasteiger partial charge in [0.1, 0.15) is 5.56 Å². The molecular formula is C17H17N3O3. The first-order valence-corrected chi connectivity index (χ1v) is 7.41. The van der Waals surface area contributed by atoms with Crippen LogP contribution in [0.4, 0.5) is 5.69 Å². The Balaban J connectivity index is 1.71. The fraction of sp³-hybridized carbons (Fsp3) is 0.235. The summed E-state index contributed by atoms with van der Waals surface area (Å²) in [5, 5.41) is 2.76. The molecule has 1 aliphatic heterocycles. The predicted molar refractivity (Wildman–Crippen MR) is 86.5 cm³/mol. The molecule has 0 bridgehead atoms. The van der Waals surface area contributed by atoms with Crippen molar-refractivity contribution in [3.63, 3.8) is 0 Å². The van der Waals surface area contributed by atoms with E-state index >= 15 is 0 Å². The highest BCUT2D eigenvalue weighted by atomic mass is 16.2. The number of para-hydroxylation sites is 1. The number of hydrogen-bond acceptors (Lipinski definition) is 3. The monoisotopic (exact) mass is 311 g/mol. The third kappa shape index (κ3) is 3.15. The Morgan fingerprint density at radius 1 is 1.17 bits per heavy atom. The van der Waals surface area contributed by atoms with Crippen LogP contribution in [0.3, 0.4) is 0 Å². The van der Waals surface area contributed by atoms with Crippen molar-refractivity contribution in [1.82, 2.24) is 10.3 Å². The zero-order valence-electron chi connectivity index (χ0n) is 12.7. The van der Waals surface area contributed by atoms with Crippen molar-refractivity contribution in [2.45, 2.75) is 19.4 Å². The Morgan fingerprint density at radius 2 is 1.91 bits per heavy atom. The van der Waals surface area contributed by atoms with Gasteiger partial charge in [-0.05, 0) is 31.2 Å². The normalized spacial score (nSPS) is 17.3. The number of aryl methyl sites for hydroxylation is 1. The first-order valence-electron chi connectivity index (χ1n) is 7.41. The van der Waals surface area contributed by atoms with Gasteiger partial charge in [-0.1, -0.05) is 18.2 Å². The summed E-state index contributed by atoms with van der Waals surface area (Å²) in [6.07, 6.45) is 0.227. The van der Waals surface area contributed by atoms with Crippen molar-refractivity contribution in [3.8, 4) is 0 Å². The summed E-state index contributed by atoms with van der Waals surface area (Å²) < 4.78 is 0. The molecule has 1 fully saturated rings. The summed E-state index contributed by atoms with van der Waals surface area (Å²) in [7, 11) is 0. The number of rotatable bonds is 3. The Kier molecular flexibility index (Phi) is 3.97. The lowest BCUT2D eigenvalue weighted by Gasteiger charge is -2.17. The van der Waals surface area contributed by atoms with E-state index in [-0.39, 0.29) is 23.9 Å². The Hall–Kier alpha value is -2.89. The van der Waals surface area contributed by atoms with E-state index in [0.29, 0.717) is 12.2 Å². The van der Waals surface area contributed by atoms with Crippen LogP contribution in [0.15, 0.2) is 47.3 Å². The topological polar surface area (TPSA) is 82.3 Å². The lowest BCUT2D eigenvalue weighted by atomic mass is 10.2. The van der Waals surface area contributed by atoms with Crippen molar-refractivity contribution in [2.75, 3.05) is 11.4 Å². The maximum atomic E-state index is 12.2. The third-order valence-corrected chi connectivity index (χ3v) is 3.83. The summed E-state index contributed by atoms with van der Waals surface area (Å²) in [5.74, 6) is -0.502. The number of pyridine rings is 1. The molecule has 2 N–H and O–H groups in total. The summed E-state index contributed by atoms with van der Waals surface area (Å²) in [6.45, 7) is 2.15. The smallest absolute Gasteiger partial charge is 0.260 e. The van der Waals surface area contributed by atoms with Crippen LogP contribution in [0.2, 0.25) is 0 Å². The molecule has 2 heterocycles. The van der Waals surface area contributed by atoms with Crippen LogP contribution in [0.1, 0.15) is 22.5 Å². The number of nitrogens with one attached hydrogen (secondary N) is 2. The van der Waals surface area contributed by atoms with Crippen LogP contribution in [-0.4, -0.2) is 29.4 Å². The second kappa shape index (κ2) is 6.08. The average molecular weight is 311 g/mol. The highest BCUT2D eigenvalue weighted by molar-refractivity contribution is 5.98. The van der Waals surface area contributed by atoms with Crippen molar-refractivity contribution >= 4 is 17.5 Å². The van der Waals surface area contributed by atoms with Crippen LogP contribution in [0.25, 0.3) is 0 Å². The zero-order valence-corrected chi connectivity index (χ0v) is 12.7. The van der Waals surface area contributed by atoms with Crippen LogP contribution in [0.5, 0.6) is 0 Å². The minimum Gasteiger partial charge on any atom is -0.347 e. The predicted octanol–water partition coefficient (Wildman–Crippen LogP) is 1.22. The molecule has 6 nitrogen and oxygen atoms in total. The molecule has 118 valence electrons. The largest absolute Gasteiger partial charge is 0.347 e. The first kappa shape index (κ1) is 15.0. The molecule has 0 spiro atoms. The van der Waals surface area contributed by atoms with Gasteiger partial charge in [0.25, 0.3) is 11.5 Å². The molecule has 1 saturated heterocycles. The van der Waals surface area contributed by atoms with Crippen LogP contribution in [-0.2, 0) is 4.79 Å². The molecule has 2 aromatic rings. The van der Waals surface area contributed by atoms with E-state index in [1.54, 1.807) is 17.9 Å². The van der Waals surface area contributed by atoms with E-state index in [2.05, 4.69) is 10.3 Å². The van der Waals surface area contributed by atoms with Gasteiger partial charge in [-0.2, -0.15) is 0 Å². The number of nitrogens with zero attached hydrogens (tertiary/aromatic N) is 1. The fourth-order valence-electron chi connectivity index (χ4n) is 2.68. The summed E-state index contributed by atoms with van der Waals surface area (Å²) >= 11 is 0. The van der Waals surface area contributed by atoms with E-state index in [9.17, 15) is 14.4 Å². The number of aromatic nitrogens is 1. The zero-order chi connectivity index (χ0) is 16.4. The van der Waals surface area contributed by atoms with E-state index in [1.165, 1.54) is 6.07 Å². The summed E-state index contributed by atoms with van der Waals surface area (Å²) in [6, 6.07) is 12.2. The van der Waals surface area contributed by atoms with Crippen molar-refractivity contribution in [1.29, 1.82) is 0 Å². The number of H-pyrrole nitrogens is 1. The molecule has 0 radical (unpaired) electrons. The Bertz CT molecular complexity index is 798. The van der Waals surface area contributed by atoms with Gasteiger partial charge in [0, 0.05) is 24.3 Å². The first-order chi connectivity index (χ1) is 11.0. The number of carbonyl (C=O) groups is 2. The lowest BCUT2D eigenvalue weighted by Crippen LogP contribution is -2.39. The molecule has 2 amide bonds. The van der Waals surface area contributed by atoms with Gasteiger partial charge >= 0.3 is 0 Å². The molecule has 0 aliphatic carbocycles. The van der Waals surface area contributed by atoms with Gasteiger partial charge in [-0.3, -0.25) is 14.4 Å². The highest BCUT2D eigenvalue weighted by Crippen LogP contribution is 2.21. The maximum Gasteiger partial charge on any atom is 0.260 e. The molecule has 3 rings (SSSR count). The van der Waals surface area contributed by atoms with Crippen LogP contribution >= 0.6 is 0 Å². The van der Waals surface area contributed by atoms with Gasteiger partial charge in [-0.15, -0.1) is 0 Å². The Morgan fingerprint density at radius 3 is 2.61 bits per heavy atom. The molecule has 1 aliphatic rings. The third-order valence-electron chi connectivity index (χ3n) is 3.83. The molecule has 1 aromatic heterocycles. The van der Waals surface area contributed by atoms with Gasteiger partial charge in [0.05, 0.1) is 6.04 Å². The molecule has 1 atom stereocenters. The number of carbonyl (C=O) groups excluding carboxylic acids is 2. The van der Waals surface area contributed by atoms with Gasteiger partial charge in [-0.25, -0.2) is 0 Å². The van der Waals surface area contributed by atoms with E-state index in [4.69, 9.17) is 0 Å². The Labute approximate surface area is 133 Å². The average Bonchev–Trinajstić information content (AvgIpc) is 2.88. The molecule has 1 aromatic carbocycles. The number of benzene rings is 1. The quantitative estimate of drug-likeness (QED) is 0.894. The fourth-order valence-corrected chi connectivity index (χ4v) is 2.68. The number of amides is 2. The molecular weight excluding hydrogens is 294 g/mol. The van der Waals surface area contributed by atoms with E-state index in [1.807, 2.05) is 30.3 Å². The number of aromatic amines is 1. The van der Waals surface area contributed by atoms with Gasteiger partial charge in [0.2, 0.25) is 5.91 Å². The van der Waals surface area contributed by atoms with Gasteiger partial charge in [0.15, 0.2) is 0 Å². The lowest BCUT2D eigenvalue weighted by molar-refractivity contribution is -0.117. The van der Waals surface area contributed by atoms with Crippen LogP contribution < -0.4 is 15.8 Å². The number of anilines is 1. The van der Waals surface area contributed by atoms with Gasteiger partial charge < -0.3 is 15.2 Å². The minimum atomic E-state index is -0.459.